The second-order valence-electron chi connectivity index (χ2n) is 8.21. The third kappa shape index (κ3) is 5.56. The molecule has 0 amide bonds. The van der Waals surface area contributed by atoms with Crippen molar-refractivity contribution in [3.8, 4) is 0 Å². The molecule has 4 rings (SSSR count). The van der Waals surface area contributed by atoms with Crippen LogP contribution in [0.5, 0.6) is 0 Å². The van der Waals surface area contributed by atoms with Crippen LogP contribution in [0.25, 0.3) is 16.7 Å². The molecule has 0 saturated carbocycles. The molecule has 0 atom stereocenters. The van der Waals surface area contributed by atoms with Crippen LogP contribution in [0, 0.1) is 0 Å². The van der Waals surface area contributed by atoms with Gasteiger partial charge in [0.15, 0.2) is 0 Å². The highest BCUT2D eigenvalue weighted by atomic mass is 15.1. The summed E-state index contributed by atoms with van der Waals surface area (Å²) in [7, 11) is 1.81. The molecule has 0 aliphatic carbocycles. The molecule has 2 heterocycles. The highest BCUT2D eigenvalue weighted by molar-refractivity contribution is 6.12. The quantitative estimate of drug-likeness (QED) is 0.224. The van der Waals surface area contributed by atoms with Crippen molar-refractivity contribution in [2.24, 2.45) is 4.99 Å². The standard InChI is InChI=1S/C29H29N5/c1-20(17-21(2)28(30-4)25-11-8-16-31-19-25)14-15-23-9-7-10-24(18-23)22(3)32-29-33-26-12-5-6-13-27(26)34-29/h5-13,16-19H,1,3,14-15H2,2,4H3,(H2,32,33,34)/b21-17-,30-28?. The van der Waals surface area contributed by atoms with Gasteiger partial charge in [-0.15, -0.1) is 0 Å². The number of aromatic amines is 1. The summed E-state index contributed by atoms with van der Waals surface area (Å²) in [5.74, 6) is 0.688. The molecule has 0 fully saturated rings. The molecule has 2 aromatic heterocycles. The van der Waals surface area contributed by atoms with Crippen molar-refractivity contribution in [2.75, 3.05) is 12.4 Å². The molecule has 170 valence electrons. The lowest BCUT2D eigenvalue weighted by Crippen LogP contribution is -2.03. The molecule has 0 saturated heterocycles. The number of aromatic nitrogens is 3. The van der Waals surface area contributed by atoms with Gasteiger partial charge in [0, 0.05) is 30.7 Å². The van der Waals surface area contributed by atoms with E-state index in [9.17, 15) is 0 Å². The van der Waals surface area contributed by atoms with Crippen molar-refractivity contribution < 1.29 is 0 Å². The number of fused-ring (bicyclic) bond motifs is 1. The Bertz CT molecular complexity index is 1340. The SMILES string of the molecule is C=C(/C=C(/C)C(=NC)c1cccnc1)CCc1cccc(C(=C)Nc2nc3ccccc3[nH]2)c1. The van der Waals surface area contributed by atoms with Crippen molar-refractivity contribution in [3.05, 3.63) is 120 Å². The summed E-state index contributed by atoms with van der Waals surface area (Å²) in [4.78, 5) is 16.5. The molecule has 0 spiro atoms. The highest BCUT2D eigenvalue weighted by Crippen LogP contribution is 2.21. The van der Waals surface area contributed by atoms with Gasteiger partial charge >= 0.3 is 0 Å². The van der Waals surface area contributed by atoms with Gasteiger partial charge in [-0.2, -0.15) is 0 Å². The first kappa shape index (κ1) is 22.9. The molecule has 0 aliphatic heterocycles. The van der Waals surface area contributed by atoms with Crippen LogP contribution < -0.4 is 5.32 Å². The number of aliphatic imine (C=N–C) groups is 1. The van der Waals surface area contributed by atoms with E-state index in [0.717, 1.165) is 57.6 Å². The van der Waals surface area contributed by atoms with Gasteiger partial charge in [0.2, 0.25) is 5.95 Å². The first-order chi connectivity index (χ1) is 16.5. The number of hydrogen-bond donors (Lipinski definition) is 2. The molecule has 2 aromatic carbocycles. The van der Waals surface area contributed by atoms with Crippen LogP contribution in [0.2, 0.25) is 0 Å². The van der Waals surface area contributed by atoms with E-state index in [2.05, 4.69) is 75.7 Å². The molecular formula is C29H29N5. The van der Waals surface area contributed by atoms with Crippen LogP contribution in [0.4, 0.5) is 5.95 Å². The maximum Gasteiger partial charge on any atom is 0.205 e. The second kappa shape index (κ2) is 10.6. The number of aryl methyl sites for hydroxylation is 1. The number of hydrogen-bond acceptors (Lipinski definition) is 4. The highest BCUT2D eigenvalue weighted by Gasteiger charge is 2.08. The van der Waals surface area contributed by atoms with Crippen LogP contribution in [0.1, 0.15) is 30.0 Å². The topological polar surface area (TPSA) is 66.0 Å². The van der Waals surface area contributed by atoms with E-state index in [-0.39, 0.29) is 0 Å². The first-order valence-corrected chi connectivity index (χ1v) is 11.3. The maximum absolute atomic E-state index is 4.57. The predicted octanol–water partition coefficient (Wildman–Crippen LogP) is 6.59. The Morgan fingerprint density at radius 1 is 1.06 bits per heavy atom. The Kier molecular flexibility index (Phi) is 7.13. The van der Waals surface area contributed by atoms with Crippen LogP contribution in [-0.4, -0.2) is 27.7 Å². The van der Waals surface area contributed by atoms with Gasteiger partial charge < -0.3 is 10.3 Å². The van der Waals surface area contributed by atoms with E-state index in [4.69, 9.17) is 0 Å². The molecule has 0 bridgehead atoms. The third-order valence-electron chi connectivity index (χ3n) is 5.62. The van der Waals surface area contributed by atoms with Crippen molar-refractivity contribution in [2.45, 2.75) is 19.8 Å². The zero-order chi connectivity index (χ0) is 23.9. The van der Waals surface area contributed by atoms with Crippen LogP contribution >= 0.6 is 0 Å². The Hall–Kier alpha value is -4.25. The summed E-state index contributed by atoms with van der Waals surface area (Å²) in [5.41, 5.74) is 9.07. The zero-order valence-corrected chi connectivity index (χ0v) is 19.7. The second-order valence-corrected chi connectivity index (χ2v) is 8.21. The summed E-state index contributed by atoms with van der Waals surface area (Å²) < 4.78 is 0. The molecule has 0 radical (unpaired) electrons. The molecule has 0 aliphatic rings. The third-order valence-corrected chi connectivity index (χ3v) is 5.62. The number of nitrogens with zero attached hydrogens (tertiary/aromatic N) is 3. The number of allylic oxidation sites excluding steroid dienone is 3. The Labute approximate surface area is 200 Å². The van der Waals surface area contributed by atoms with E-state index < -0.39 is 0 Å². The summed E-state index contributed by atoms with van der Waals surface area (Å²) in [6.45, 7) is 10.5. The van der Waals surface area contributed by atoms with Crippen LogP contribution in [0.3, 0.4) is 0 Å². The van der Waals surface area contributed by atoms with Gasteiger partial charge in [-0.05, 0) is 66.8 Å². The lowest BCUT2D eigenvalue weighted by molar-refractivity contribution is 0.967. The van der Waals surface area contributed by atoms with Gasteiger partial charge in [0.1, 0.15) is 0 Å². The van der Waals surface area contributed by atoms with Gasteiger partial charge in [-0.3, -0.25) is 9.98 Å². The minimum atomic E-state index is 0.688. The smallest absolute Gasteiger partial charge is 0.205 e. The van der Waals surface area contributed by atoms with E-state index >= 15 is 0 Å². The van der Waals surface area contributed by atoms with E-state index in [1.807, 2.05) is 42.6 Å². The zero-order valence-electron chi connectivity index (χ0n) is 19.7. The minimum absolute atomic E-state index is 0.688. The van der Waals surface area contributed by atoms with Crippen LogP contribution in [-0.2, 0) is 6.42 Å². The number of benzene rings is 2. The molecular weight excluding hydrogens is 418 g/mol. The monoisotopic (exact) mass is 447 g/mol. The van der Waals surface area contributed by atoms with E-state index in [0.29, 0.717) is 5.95 Å². The fourth-order valence-electron chi connectivity index (χ4n) is 3.93. The fraction of sp³-hybridized carbons (Fsp3) is 0.138. The minimum Gasteiger partial charge on any atom is -0.326 e. The largest absolute Gasteiger partial charge is 0.326 e. The average molecular weight is 448 g/mol. The lowest BCUT2D eigenvalue weighted by Gasteiger charge is -2.10. The first-order valence-electron chi connectivity index (χ1n) is 11.3. The number of rotatable bonds is 9. The fourth-order valence-corrected chi connectivity index (χ4v) is 3.93. The Morgan fingerprint density at radius 3 is 2.65 bits per heavy atom. The van der Waals surface area contributed by atoms with Gasteiger partial charge in [0.05, 0.1) is 16.7 Å². The molecule has 2 N–H and O–H groups in total. The van der Waals surface area contributed by atoms with E-state index in [1.54, 1.807) is 13.2 Å². The van der Waals surface area contributed by atoms with Crippen LogP contribution in [0.15, 0.2) is 108 Å². The number of pyridine rings is 1. The van der Waals surface area contributed by atoms with Crippen molar-refractivity contribution in [1.82, 2.24) is 15.0 Å². The maximum atomic E-state index is 4.57. The molecule has 0 unspecified atom stereocenters. The van der Waals surface area contributed by atoms with Crippen molar-refractivity contribution >= 4 is 28.4 Å². The lowest BCUT2D eigenvalue weighted by atomic mass is 9.99. The van der Waals surface area contributed by atoms with Gasteiger partial charge in [-0.1, -0.05) is 55.1 Å². The van der Waals surface area contributed by atoms with Gasteiger partial charge in [0.25, 0.3) is 0 Å². The number of H-pyrrole nitrogens is 1. The number of imidazole rings is 1. The van der Waals surface area contributed by atoms with E-state index in [1.165, 1.54) is 5.56 Å². The average Bonchev–Trinajstić information content (AvgIpc) is 3.26. The molecule has 34 heavy (non-hydrogen) atoms. The molecule has 4 aromatic rings. The summed E-state index contributed by atoms with van der Waals surface area (Å²) in [6.07, 6.45) is 7.46. The Balaban J connectivity index is 1.38. The number of nitrogens with one attached hydrogen (secondary N) is 2. The van der Waals surface area contributed by atoms with Gasteiger partial charge in [-0.25, -0.2) is 4.98 Å². The summed E-state index contributed by atoms with van der Waals surface area (Å²) >= 11 is 0. The Morgan fingerprint density at radius 2 is 1.88 bits per heavy atom. The van der Waals surface area contributed by atoms with Crippen molar-refractivity contribution in [3.63, 3.8) is 0 Å². The molecule has 5 nitrogen and oxygen atoms in total. The summed E-state index contributed by atoms with van der Waals surface area (Å²) in [6, 6.07) is 20.3. The summed E-state index contributed by atoms with van der Waals surface area (Å²) in [5, 5.41) is 3.29. The molecule has 5 heteroatoms. The number of anilines is 1. The van der Waals surface area contributed by atoms with Crippen molar-refractivity contribution in [1.29, 1.82) is 0 Å². The predicted molar refractivity (Wildman–Crippen MR) is 143 cm³/mol. The normalized spacial score (nSPS) is 12.1. The number of para-hydroxylation sites is 2.